The third-order valence-electron chi connectivity index (χ3n) is 4.47. The second-order valence-corrected chi connectivity index (χ2v) is 6.32. The van der Waals surface area contributed by atoms with Crippen molar-refractivity contribution >= 4 is 5.91 Å². The van der Waals surface area contributed by atoms with E-state index >= 15 is 0 Å². The summed E-state index contributed by atoms with van der Waals surface area (Å²) in [6, 6.07) is 18.2. The number of nitrogens with zero attached hydrogens (tertiary/aromatic N) is 3. The van der Waals surface area contributed by atoms with E-state index in [4.69, 9.17) is 0 Å². The second-order valence-electron chi connectivity index (χ2n) is 6.32. The van der Waals surface area contributed by atoms with Gasteiger partial charge in [-0.3, -0.25) is 4.79 Å². The lowest BCUT2D eigenvalue weighted by atomic mass is 10.0. The van der Waals surface area contributed by atoms with Crippen LogP contribution in [0, 0.1) is 0 Å². The molecular weight excluding hydrogens is 310 g/mol. The molecule has 1 aliphatic rings. The van der Waals surface area contributed by atoms with Crippen LogP contribution in [0.3, 0.4) is 0 Å². The Kier molecular flexibility index (Phi) is 4.25. The van der Waals surface area contributed by atoms with Gasteiger partial charge in [0, 0.05) is 36.1 Å². The highest BCUT2D eigenvalue weighted by atomic mass is 16.2. The van der Waals surface area contributed by atoms with Gasteiger partial charge in [-0.2, -0.15) is 0 Å². The van der Waals surface area contributed by atoms with Gasteiger partial charge in [0.25, 0.3) is 5.91 Å². The molecule has 4 heteroatoms. The Bertz CT molecular complexity index is 861. The first-order valence-corrected chi connectivity index (χ1v) is 8.52. The normalized spacial score (nSPS) is 13.4. The van der Waals surface area contributed by atoms with Crippen molar-refractivity contribution in [1.82, 2.24) is 14.9 Å². The number of amides is 1. The van der Waals surface area contributed by atoms with Crippen molar-refractivity contribution < 1.29 is 4.79 Å². The average molecular weight is 329 g/mol. The van der Waals surface area contributed by atoms with Gasteiger partial charge in [-0.05, 0) is 30.0 Å². The summed E-state index contributed by atoms with van der Waals surface area (Å²) in [4.78, 5) is 23.5. The Morgan fingerprint density at radius 3 is 2.36 bits per heavy atom. The summed E-state index contributed by atoms with van der Waals surface area (Å²) >= 11 is 0. The SMILES string of the molecule is O=C(c1ccccc1-c1cncnc1)N(Cc1ccccc1)C1CC1. The van der Waals surface area contributed by atoms with E-state index in [1.54, 1.807) is 12.4 Å². The molecule has 2 aromatic carbocycles. The average Bonchev–Trinajstić information content (AvgIpc) is 3.52. The zero-order chi connectivity index (χ0) is 17.1. The Balaban J connectivity index is 1.67. The molecule has 0 saturated heterocycles. The molecule has 0 radical (unpaired) electrons. The van der Waals surface area contributed by atoms with Gasteiger partial charge in [-0.1, -0.05) is 48.5 Å². The minimum atomic E-state index is 0.0748. The molecule has 0 aliphatic heterocycles. The van der Waals surface area contributed by atoms with E-state index in [1.165, 1.54) is 6.33 Å². The number of carbonyl (C=O) groups excluding carboxylic acids is 1. The molecular formula is C21H19N3O. The fourth-order valence-corrected chi connectivity index (χ4v) is 3.05. The molecule has 1 aliphatic carbocycles. The topological polar surface area (TPSA) is 46.1 Å². The Morgan fingerprint density at radius 2 is 1.64 bits per heavy atom. The summed E-state index contributed by atoms with van der Waals surface area (Å²) in [6.45, 7) is 0.643. The maximum atomic E-state index is 13.3. The van der Waals surface area contributed by atoms with Gasteiger partial charge in [0.15, 0.2) is 0 Å². The number of rotatable bonds is 5. The van der Waals surface area contributed by atoms with E-state index in [9.17, 15) is 4.79 Å². The van der Waals surface area contributed by atoms with Gasteiger partial charge >= 0.3 is 0 Å². The quantitative estimate of drug-likeness (QED) is 0.712. The van der Waals surface area contributed by atoms with Crippen molar-refractivity contribution in [2.75, 3.05) is 0 Å². The smallest absolute Gasteiger partial charge is 0.255 e. The molecule has 0 N–H and O–H groups in total. The van der Waals surface area contributed by atoms with Gasteiger partial charge < -0.3 is 4.90 Å². The number of hydrogen-bond donors (Lipinski definition) is 0. The van der Waals surface area contributed by atoms with Crippen LogP contribution in [0.15, 0.2) is 73.3 Å². The first-order valence-electron chi connectivity index (χ1n) is 8.52. The van der Waals surface area contributed by atoms with Gasteiger partial charge in [0.2, 0.25) is 0 Å². The molecule has 0 bridgehead atoms. The number of benzene rings is 2. The van der Waals surface area contributed by atoms with Crippen molar-refractivity contribution in [1.29, 1.82) is 0 Å². The standard InChI is InChI=1S/C21H19N3O/c25-21(24(18-10-11-18)14-16-6-2-1-3-7-16)20-9-5-4-8-19(20)17-12-22-15-23-13-17/h1-9,12-13,15,18H,10-11,14H2. The van der Waals surface area contributed by atoms with Crippen LogP contribution in [0.25, 0.3) is 11.1 Å². The minimum absolute atomic E-state index is 0.0748. The summed E-state index contributed by atoms with van der Waals surface area (Å²) in [5.41, 5.74) is 3.61. The maximum absolute atomic E-state index is 13.3. The van der Waals surface area contributed by atoms with Crippen LogP contribution in [-0.2, 0) is 6.54 Å². The van der Waals surface area contributed by atoms with Crippen LogP contribution < -0.4 is 0 Å². The highest BCUT2D eigenvalue weighted by molar-refractivity contribution is 6.01. The van der Waals surface area contributed by atoms with Crippen molar-refractivity contribution in [2.24, 2.45) is 0 Å². The van der Waals surface area contributed by atoms with Crippen molar-refractivity contribution in [3.8, 4) is 11.1 Å². The first kappa shape index (κ1) is 15.5. The molecule has 4 nitrogen and oxygen atoms in total. The zero-order valence-corrected chi connectivity index (χ0v) is 13.9. The number of hydrogen-bond acceptors (Lipinski definition) is 3. The highest BCUT2D eigenvalue weighted by Crippen LogP contribution is 2.32. The predicted octanol–water partition coefficient (Wildman–Crippen LogP) is 3.95. The highest BCUT2D eigenvalue weighted by Gasteiger charge is 2.33. The summed E-state index contributed by atoms with van der Waals surface area (Å²) in [6.07, 6.45) is 7.15. The van der Waals surface area contributed by atoms with Crippen molar-refractivity contribution in [3.05, 3.63) is 84.4 Å². The fourth-order valence-electron chi connectivity index (χ4n) is 3.05. The van der Waals surface area contributed by atoms with E-state index in [-0.39, 0.29) is 5.91 Å². The third-order valence-corrected chi connectivity index (χ3v) is 4.47. The van der Waals surface area contributed by atoms with E-state index in [2.05, 4.69) is 22.1 Å². The largest absolute Gasteiger partial charge is 0.331 e. The first-order chi connectivity index (χ1) is 12.3. The monoisotopic (exact) mass is 329 g/mol. The molecule has 3 aromatic rings. The Hall–Kier alpha value is -3.01. The zero-order valence-electron chi connectivity index (χ0n) is 13.9. The summed E-state index contributed by atoms with van der Waals surface area (Å²) < 4.78 is 0. The van der Waals surface area contributed by atoms with Crippen LogP contribution in [0.4, 0.5) is 0 Å². The molecule has 0 atom stereocenters. The molecule has 0 unspecified atom stereocenters. The van der Waals surface area contributed by atoms with E-state index in [0.29, 0.717) is 18.2 Å². The van der Waals surface area contributed by atoms with Crippen LogP contribution in [0.2, 0.25) is 0 Å². The van der Waals surface area contributed by atoms with E-state index in [1.807, 2.05) is 47.4 Å². The number of carbonyl (C=O) groups is 1. The van der Waals surface area contributed by atoms with E-state index in [0.717, 1.165) is 29.5 Å². The van der Waals surface area contributed by atoms with Crippen LogP contribution in [0.5, 0.6) is 0 Å². The molecule has 1 fully saturated rings. The summed E-state index contributed by atoms with van der Waals surface area (Å²) in [5, 5.41) is 0. The van der Waals surface area contributed by atoms with Crippen LogP contribution in [-0.4, -0.2) is 26.8 Å². The lowest BCUT2D eigenvalue weighted by Gasteiger charge is -2.24. The molecule has 1 amide bonds. The molecule has 1 aromatic heterocycles. The van der Waals surface area contributed by atoms with Gasteiger partial charge in [-0.15, -0.1) is 0 Å². The predicted molar refractivity (Wildman–Crippen MR) is 96.8 cm³/mol. The van der Waals surface area contributed by atoms with Gasteiger partial charge in [-0.25, -0.2) is 9.97 Å². The van der Waals surface area contributed by atoms with E-state index < -0.39 is 0 Å². The Labute approximate surface area is 147 Å². The van der Waals surface area contributed by atoms with Gasteiger partial charge in [0.1, 0.15) is 6.33 Å². The van der Waals surface area contributed by atoms with Crippen LogP contribution in [0.1, 0.15) is 28.8 Å². The second kappa shape index (κ2) is 6.85. The lowest BCUT2D eigenvalue weighted by Crippen LogP contribution is -2.33. The molecule has 1 heterocycles. The van der Waals surface area contributed by atoms with Crippen molar-refractivity contribution in [3.63, 3.8) is 0 Å². The van der Waals surface area contributed by atoms with Crippen LogP contribution >= 0.6 is 0 Å². The van der Waals surface area contributed by atoms with Gasteiger partial charge in [0.05, 0.1) is 0 Å². The maximum Gasteiger partial charge on any atom is 0.255 e. The lowest BCUT2D eigenvalue weighted by molar-refractivity contribution is 0.0730. The molecule has 0 spiro atoms. The molecule has 25 heavy (non-hydrogen) atoms. The Morgan fingerprint density at radius 1 is 0.960 bits per heavy atom. The molecule has 124 valence electrons. The molecule has 1 saturated carbocycles. The minimum Gasteiger partial charge on any atom is -0.331 e. The summed E-state index contributed by atoms with van der Waals surface area (Å²) in [7, 11) is 0. The molecule has 4 rings (SSSR count). The summed E-state index contributed by atoms with van der Waals surface area (Å²) in [5.74, 6) is 0.0748. The third kappa shape index (κ3) is 3.43. The van der Waals surface area contributed by atoms with Crippen molar-refractivity contribution in [2.45, 2.75) is 25.4 Å². The number of aromatic nitrogens is 2. The fraction of sp³-hybridized carbons (Fsp3) is 0.190.